The predicted octanol–water partition coefficient (Wildman–Crippen LogP) is 3.64. The van der Waals surface area contributed by atoms with Crippen molar-refractivity contribution >= 4 is 11.8 Å². The molecule has 0 bridgehead atoms. The molecule has 5 heteroatoms. The van der Waals surface area contributed by atoms with E-state index < -0.39 is 5.60 Å². The highest BCUT2D eigenvalue weighted by Crippen LogP contribution is 2.23. The average Bonchev–Trinajstić information content (AvgIpc) is 2.39. The molecule has 0 aliphatic heterocycles. The van der Waals surface area contributed by atoms with Gasteiger partial charge in [0.05, 0.1) is 0 Å². The van der Waals surface area contributed by atoms with Crippen LogP contribution in [0.3, 0.4) is 0 Å². The molecular formula is C17H26N2O3. The largest absolute Gasteiger partial charge is 0.508 e. The second-order valence-electron chi connectivity index (χ2n) is 6.90. The maximum Gasteiger partial charge on any atom is 0.407 e. The Bertz CT molecular complexity index is 494. The van der Waals surface area contributed by atoms with Crippen molar-refractivity contribution in [1.29, 1.82) is 0 Å². The van der Waals surface area contributed by atoms with E-state index >= 15 is 0 Å². The normalized spacial score (nSPS) is 22.0. The lowest BCUT2D eigenvalue weighted by Gasteiger charge is -2.31. The summed E-state index contributed by atoms with van der Waals surface area (Å²) in [5, 5.41) is 15.7. The molecule has 22 heavy (non-hydrogen) atoms. The third kappa shape index (κ3) is 5.47. The number of phenols is 1. The first-order valence-electron chi connectivity index (χ1n) is 7.87. The van der Waals surface area contributed by atoms with E-state index in [0.29, 0.717) is 6.04 Å². The number of aromatic hydroxyl groups is 1. The van der Waals surface area contributed by atoms with Crippen molar-refractivity contribution in [3.05, 3.63) is 24.3 Å². The molecule has 0 spiro atoms. The number of carbonyl (C=O) groups excluding carboxylic acids is 1. The Morgan fingerprint density at radius 1 is 1.18 bits per heavy atom. The number of ether oxygens (including phenoxy) is 1. The minimum Gasteiger partial charge on any atom is -0.508 e. The molecule has 122 valence electrons. The number of nitrogens with one attached hydrogen (secondary N) is 2. The molecule has 1 fully saturated rings. The van der Waals surface area contributed by atoms with E-state index in [4.69, 9.17) is 4.74 Å². The lowest BCUT2D eigenvalue weighted by Crippen LogP contribution is -2.43. The highest BCUT2D eigenvalue weighted by molar-refractivity contribution is 5.68. The molecule has 1 aliphatic rings. The monoisotopic (exact) mass is 306 g/mol. The van der Waals surface area contributed by atoms with Gasteiger partial charge >= 0.3 is 6.09 Å². The standard InChI is InChI=1S/C17H26N2O3/c1-17(2,3)22-16(21)19-14-6-4-5-13(11-14)18-12-7-9-15(20)10-8-12/h7-10,13-14,18,20H,4-6,11H2,1-3H3,(H,19,21). The number of hydrogen-bond acceptors (Lipinski definition) is 4. The summed E-state index contributed by atoms with van der Waals surface area (Å²) in [4.78, 5) is 11.8. The van der Waals surface area contributed by atoms with E-state index in [0.717, 1.165) is 31.4 Å². The topological polar surface area (TPSA) is 70.6 Å². The van der Waals surface area contributed by atoms with Gasteiger partial charge in [0.2, 0.25) is 0 Å². The van der Waals surface area contributed by atoms with Gasteiger partial charge in [0, 0.05) is 17.8 Å². The van der Waals surface area contributed by atoms with Crippen LogP contribution in [-0.2, 0) is 4.74 Å². The Morgan fingerprint density at radius 3 is 2.45 bits per heavy atom. The summed E-state index contributed by atoms with van der Waals surface area (Å²) < 4.78 is 5.31. The maximum absolute atomic E-state index is 11.8. The van der Waals surface area contributed by atoms with Crippen LogP contribution in [0.15, 0.2) is 24.3 Å². The van der Waals surface area contributed by atoms with E-state index in [1.807, 2.05) is 32.9 Å². The van der Waals surface area contributed by atoms with Crippen LogP contribution in [0.2, 0.25) is 0 Å². The fraction of sp³-hybridized carbons (Fsp3) is 0.588. The van der Waals surface area contributed by atoms with Crippen molar-refractivity contribution in [1.82, 2.24) is 5.32 Å². The molecule has 1 saturated carbocycles. The van der Waals surface area contributed by atoms with Crippen LogP contribution in [-0.4, -0.2) is 28.9 Å². The third-order valence-electron chi connectivity index (χ3n) is 3.63. The van der Waals surface area contributed by atoms with Crippen LogP contribution in [0.4, 0.5) is 10.5 Å². The van der Waals surface area contributed by atoms with Crippen molar-refractivity contribution in [2.24, 2.45) is 0 Å². The number of phenolic OH excluding ortho intramolecular Hbond substituents is 1. The summed E-state index contributed by atoms with van der Waals surface area (Å²) in [5.41, 5.74) is 0.517. The molecule has 1 aromatic rings. The van der Waals surface area contributed by atoms with E-state index in [2.05, 4.69) is 10.6 Å². The van der Waals surface area contributed by atoms with E-state index in [1.165, 1.54) is 0 Å². The van der Waals surface area contributed by atoms with Gasteiger partial charge in [-0.05, 0) is 70.7 Å². The lowest BCUT2D eigenvalue weighted by atomic mass is 9.91. The van der Waals surface area contributed by atoms with E-state index in [-0.39, 0.29) is 17.9 Å². The van der Waals surface area contributed by atoms with Gasteiger partial charge in [-0.25, -0.2) is 4.79 Å². The van der Waals surface area contributed by atoms with Gasteiger partial charge in [0.15, 0.2) is 0 Å². The summed E-state index contributed by atoms with van der Waals surface area (Å²) >= 11 is 0. The molecule has 1 aliphatic carbocycles. The smallest absolute Gasteiger partial charge is 0.407 e. The summed E-state index contributed by atoms with van der Waals surface area (Å²) in [7, 11) is 0. The quantitative estimate of drug-likeness (QED) is 0.746. The van der Waals surface area contributed by atoms with Crippen LogP contribution < -0.4 is 10.6 Å². The molecule has 2 rings (SSSR count). The van der Waals surface area contributed by atoms with Gasteiger partial charge in [-0.1, -0.05) is 0 Å². The van der Waals surface area contributed by atoms with Gasteiger partial charge in [-0.15, -0.1) is 0 Å². The number of rotatable bonds is 3. The first-order chi connectivity index (χ1) is 10.3. The molecule has 3 N–H and O–H groups in total. The fourth-order valence-corrected chi connectivity index (χ4v) is 2.72. The molecule has 2 unspecified atom stereocenters. The number of carbonyl (C=O) groups is 1. The van der Waals surface area contributed by atoms with Crippen molar-refractivity contribution in [2.45, 2.75) is 64.1 Å². The predicted molar refractivity (Wildman–Crippen MR) is 87.1 cm³/mol. The number of anilines is 1. The van der Waals surface area contributed by atoms with Crippen molar-refractivity contribution in [3.8, 4) is 5.75 Å². The molecule has 0 saturated heterocycles. The van der Waals surface area contributed by atoms with Crippen LogP contribution >= 0.6 is 0 Å². The zero-order valence-corrected chi connectivity index (χ0v) is 13.6. The van der Waals surface area contributed by atoms with Gasteiger partial charge < -0.3 is 20.5 Å². The minimum atomic E-state index is -0.470. The summed E-state index contributed by atoms with van der Waals surface area (Å²) in [6.45, 7) is 5.59. The summed E-state index contributed by atoms with van der Waals surface area (Å²) in [5.74, 6) is 0.263. The van der Waals surface area contributed by atoms with Gasteiger partial charge in [-0.3, -0.25) is 0 Å². The number of hydrogen-bond donors (Lipinski definition) is 3. The van der Waals surface area contributed by atoms with Crippen LogP contribution in [0.1, 0.15) is 46.5 Å². The summed E-state index contributed by atoms with van der Waals surface area (Å²) in [6, 6.07) is 7.51. The average molecular weight is 306 g/mol. The Morgan fingerprint density at radius 2 is 1.82 bits per heavy atom. The molecule has 1 aromatic carbocycles. The van der Waals surface area contributed by atoms with Gasteiger partial charge in [-0.2, -0.15) is 0 Å². The first kappa shape index (κ1) is 16.5. The Hall–Kier alpha value is -1.91. The SMILES string of the molecule is CC(C)(C)OC(=O)NC1CCCC(Nc2ccc(O)cc2)C1. The van der Waals surface area contributed by atoms with Crippen molar-refractivity contribution in [3.63, 3.8) is 0 Å². The molecule has 1 amide bonds. The van der Waals surface area contributed by atoms with E-state index in [9.17, 15) is 9.90 Å². The van der Waals surface area contributed by atoms with Gasteiger partial charge in [0.1, 0.15) is 11.4 Å². The molecular weight excluding hydrogens is 280 g/mol. The van der Waals surface area contributed by atoms with Crippen LogP contribution in [0.25, 0.3) is 0 Å². The highest BCUT2D eigenvalue weighted by atomic mass is 16.6. The second-order valence-corrected chi connectivity index (χ2v) is 6.90. The fourth-order valence-electron chi connectivity index (χ4n) is 2.72. The molecule has 0 aromatic heterocycles. The maximum atomic E-state index is 11.8. The molecule has 0 heterocycles. The highest BCUT2D eigenvalue weighted by Gasteiger charge is 2.25. The molecule has 5 nitrogen and oxygen atoms in total. The minimum absolute atomic E-state index is 0.137. The van der Waals surface area contributed by atoms with Crippen LogP contribution in [0.5, 0.6) is 5.75 Å². The number of benzene rings is 1. The Kier molecular flexibility index (Phi) is 5.16. The third-order valence-corrected chi connectivity index (χ3v) is 3.63. The van der Waals surface area contributed by atoms with Crippen molar-refractivity contribution < 1.29 is 14.6 Å². The number of amides is 1. The Labute approximate surface area is 132 Å². The van der Waals surface area contributed by atoms with Crippen molar-refractivity contribution in [2.75, 3.05) is 5.32 Å². The number of alkyl carbamates (subject to hydrolysis) is 1. The second kappa shape index (κ2) is 6.90. The molecule has 0 radical (unpaired) electrons. The molecule has 2 atom stereocenters. The zero-order chi connectivity index (χ0) is 16.2. The first-order valence-corrected chi connectivity index (χ1v) is 7.87. The lowest BCUT2D eigenvalue weighted by molar-refractivity contribution is 0.0492. The van der Waals surface area contributed by atoms with E-state index in [1.54, 1.807) is 12.1 Å². The van der Waals surface area contributed by atoms with Crippen LogP contribution in [0, 0.1) is 0 Å². The zero-order valence-electron chi connectivity index (χ0n) is 13.6. The van der Waals surface area contributed by atoms with Gasteiger partial charge in [0.25, 0.3) is 0 Å². The summed E-state index contributed by atoms with van der Waals surface area (Å²) in [6.07, 6.45) is 3.65. The Balaban J connectivity index is 1.83.